The Morgan fingerprint density at radius 3 is 1.89 bits per heavy atom. The van der Waals surface area contributed by atoms with E-state index in [1.807, 2.05) is 24.3 Å². The van der Waals surface area contributed by atoms with Crippen molar-refractivity contribution in [2.24, 2.45) is 0 Å². The molecule has 2 aliphatic carbocycles. The van der Waals surface area contributed by atoms with Crippen molar-refractivity contribution < 1.29 is 5.11 Å². The minimum absolute atomic E-state index is 0.561. The van der Waals surface area contributed by atoms with E-state index in [4.69, 9.17) is 0 Å². The third-order valence-electron chi connectivity index (χ3n) is 4.63. The van der Waals surface area contributed by atoms with Gasteiger partial charge in [0.1, 0.15) is 5.60 Å². The van der Waals surface area contributed by atoms with Crippen molar-refractivity contribution in [1.82, 2.24) is 0 Å². The van der Waals surface area contributed by atoms with Crippen LogP contribution >= 0.6 is 0 Å². The Labute approximate surface area is 113 Å². The Hall–Kier alpha value is -1.86. The van der Waals surface area contributed by atoms with Gasteiger partial charge in [-0.3, -0.25) is 0 Å². The topological polar surface area (TPSA) is 20.2 Å². The molecule has 1 N–H and O–H groups in total. The second-order valence-electron chi connectivity index (χ2n) is 5.59. The summed E-state index contributed by atoms with van der Waals surface area (Å²) < 4.78 is 0. The van der Waals surface area contributed by atoms with E-state index in [2.05, 4.69) is 30.8 Å². The summed E-state index contributed by atoms with van der Waals surface area (Å²) in [6, 6.07) is 16.5. The molecule has 0 heterocycles. The van der Waals surface area contributed by atoms with Crippen molar-refractivity contribution in [2.75, 3.05) is 0 Å². The first-order chi connectivity index (χ1) is 9.25. The highest BCUT2D eigenvalue weighted by molar-refractivity contribution is 5.56. The summed E-state index contributed by atoms with van der Waals surface area (Å²) in [6.45, 7) is 3.89. The third kappa shape index (κ3) is 1.34. The van der Waals surface area contributed by atoms with Gasteiger partial charge in [0.25, 0.3) is 0 Å². The monoisotopic (exact) mass is 248 g/mol. The SMILES string of the molecule is C=CC1(O)c2ccccc2C2CC2c2ccccc21. The standard InChI is InChI=1S/C18H16O/c1-2-18(19)16-9-5-3-7-12(16)14-11-15(14)13-8-4-6-10-17(13)18/h2-10,14-15,19H,1,11H2. The minimum Gasteiger partial charge on any atom is -0.377 e. The fraction of sp³-hybridized carbons (Fsp3) is 0.222. The number of aliphatic hydroxyl groups is 1. The van der Waals surface area contributed by atoms with Crippen molar-refractivity contribution in [2.45, 2.75) is 23.9 Å². The Kier molecular flexibility index (Phi) is 2.07. The lowest BCUT2D eigenvalue weighted by Crippen LogP contribution is -2.26. The van der Waals surface area contributed by atoms with E-state index in [-0.39, 0.29) is 0 Å². The van der Waals surface area contributed by atoms with Crippen molar-refractivity contribution >= 4 is 0 Å². The molecule has 4 rings (SSSR count). The van der Waals surface area contributed by atoms with Gasteiger partial charge < -0.3 is 5.11 Å². The largest absolute Gasteiger partial charge is 0.377 e. The molecule has 0 spiro atoms. The molecule has 0 radical (unpaired) electrons. The summed E-state index contributed by atoms with van der Waals surface area (Å²) in [5, 5.41) is 11.2. The van der Waals surface area contributed by atoms with Crippen LogP contribution in [0.15, 0.2) is 61.2 Å². The predicted octanol–water partition coefficient (Wildman–Crippen LogP) is 3.69. The second kappa shape index (κ2) is 3.58. The van der Waals surface area contributed by atoms with Gasteiger partial charge in [-0.2, -0.15) is 0 Å². The molecule has 1 nitrogen and oxygen atoms in total. The second-order valence-corrected chi connectivity index (χ2v) is 5.59. The van der Waals surface area contributed by atoms with E-state index < -0.39 is 5.60 Å². The van der Waals surface area contributed by atoms with Gasteiger partial charge in [0.05, 0.1) is 0 Å². The summed E-state index contributed by atoms with van der Waals surface area (Å²) in [6.07, 6.45) is 2.87. The number of hydrogen-bond acceptors (Lipinski definition) is 1. The van der Waals surface area contributed by atoms with Crippen molar-refractivity contribution in [1.29, 1.82) is 0 Å². The van der Waals surface area contributed by atoms with Gasteiger partial charge in [0.2, 0.25) is 0 Å². The lowest BCUT2D eigenvalue weighted by Gasteiger charge is -2.28. The normalized spacial score (nSPS) is 30.6. The first-order valence-corrected chi connectivity index (χ1v) is 6.80. The van der Waals surface area contributed by atoms with E-state index in [0.717, 1.165) is 11.1 Å². The lowest BCUT2D eigenvalue weighted by molar-refractivity contribution is 0.134. The average Bonchev–Trinajstić information content (AvgIpc) is 3.26. The van der Waals surface area contributed by atoms with Crippen LogP contribution in [0.4, 0.5) is 0 Å². The molecule has 2 aromatic rings. The van der Waals surface area contributed by atoms with Crippen molar-refractivity contribution in [3.8, 4) is 0 Å². The van der Waals surface area contributed by atoms with Gasteiger partial charge >= 0.3 is 0 Å². The zero-order valence-electron chi connectivity index (χ0n) is 10.7. The Bertz CT molecular complexity index is 619. The number of hydrogen-bond donors (Lipinski definition) is 1. The van der Waals surface area contributed by atoms with Crippen LogP contribution in [0, 0.1) is 0 Å². The molecule has 19 heavy (non-hydrogen) atoms. The summed E-state index contributed by atoms with van der Waals surface area (Å²) in [7, 11) is 0. The van der Waals surface area contributed by atoms with E-state index >= 15 is 0 Å². The van der Waals surface area contributed by atoms with Crippen LogP contribution in [0.1, 0.15) is 40.5 Å². The molecule has 0 saturated heterocycles. The maximum atomic E-state index is 11.2. The highest BCUT2D eigenvalue weighted by Gasteiger charge is 2.48. The van der Waals surface area contributed by atoms with Crippen molar-refractivity contribution in [3.05, 3.63) is 83.4 Å². The fourth-order valence-electron chi connectivity index (χ4n) is 3.58. The van der Waals surface area contributed by atoms with Crippen LogP contribution in [0.3, 0.4) is 0 Å². The Morgan fingerprint density at radius 1 is 0.947 bits per heavy atom. The zero-order valence-corrected chi connectivity index (χ0v) is 10.7. The zero-order chi connectivity index (χ0) is 13.0. The highest BCUT2D eigenvalue weighted by atomic mass is 16.3. The Balaban J connectivity index is 2.08. The molecule has 2 aromatic carbocycles. The maximum Gasteiger partial charge on any atom is 0.133 e. The molecule has 94 valence electrons. The minimum atomic E-state index is -1.05. The van der Waals surface area contributed by atoms with Crippen molar-refractivity contribution in [3.63, 3.8) is 0 Å². The molecule has 2 aliphatic rings. The van der Waals surface area contributed by atoms with Gasteiger partial charge in [-0.15, -0.1) is 0 Å². The van der Waals surface area contributed by atoms with Gasteiger partial charge in [-0.05, 0) is 40.5 Å². The van der Waals surface area contributed by atoms with E-state index in [0.29, 0.717) is 11.8 Å². The van der Waals surface area contributed by atoms with E-state index in [9.17, 15) is 5.11 Å². The summed E-state index contributed by atoms with van der Waals surface area (Å²) in [5.41, 5.74) is 3.52. The number of rotatable bonds is 1. The van der Waals surface area contributed by atoms with Gasteiger partial charge in [0.15, 0.2) is 0 Å². The van der Waals surface area contributed by atoms with E-state index in [1.54, 1.807) is 6.08 Å². The molecule has 0 aromatic heterocycles. The van der Waals surface area contributed by atoms with Crippen LogP contribution in [-0.2, 0) is 5.60 Å². The molecular weight excluding hydrogens is 232 g/mol. The molecule has 1 heteroatoms. The van der Waals surface area contributed by atoms with Crippen LogP contribution in [0.25, 0.3) is 0 Å². The highest BCUT2D eigenvalue weighted by Crippen LogP contribution is 2.60. The molecular formula is C18H16O. The summed E-state index contributed by atoms with van der Waals surface area (Å²) >= 11 is 0. The Morgan fingerprint density at radius 2 is 1.42 bits per heavy atom. The molecule has 2 unspecified atom stereocenters. The van der Waals surface area contributed by atoms with Crippen LogP contribution < -0.4 is 0 Å². The number of benzene rings is 2. The summed E-state index contributed by atoms with van der Waals surface area (Å²) in [4.78, 5) is 0. The van der Waals surface area contributed by atoms with Crippen LogP contribution in [-0.4, -0.2) is 5.11 Å². The lowest BCUT2D eigenvalue weighted by atomic mass is 9.82. The van der Waals surface area contributed by atoms with Gasteiger partial charge in [-0.25, -0.2) is 0 Å². The van der Waals surface area contributed by atoms with Gasteiger partial charge in [0, 0.05) is 0 Å². The molecule has 0 bridgehead atoms. The quantitative estimate of drug-likeness (QED) is 0.763. The van der Waals surface area contributed by atoms with Crippen LogP contribution in [0.2, 0.25) is 0 Å². The third-order valence-corrected chi connectivity index (χ3v) is 4.63. The first-order valence-electron chi connectivity index (χ1n) is 6.80. The smallest absolute Gasteiger partial charge is 0.133 e. The van der Waals surface area contributed by atoms with E-state index in [1.165, 1.54) is 17.5 Å². The van der Waals surface area contributed by atoms with Crippen LogP contribution in [0.5, 0.6) is 0 Å². The molecule has 1 fully saturated rings. The average molecular weight is 248 g/mol. The maximum absolute atomic E-state index is 11.2. The summed E-state index contributed by atoms with van der Waals surface area (Å²) in [5.74, 6) is 1.12. The molecule has 0 aliphatic heterocycles. The molecule has 0 amide bonds. The molecule has 1 saturated carbocycles. The number of fused-ring (bicyclic) bond motifs is 5. The predicted molar refractivity (Wildman–Crippen MR) is 76.2 cm³/mol. The first kappa shape index (κ1) is 11.0. The van der Waals surface area contributed by atoms with Gasteiger partial charge in [-0.1, -0.05) is 61.2 Å². The fourth-order valence-corrected chi connectivity index (χ4v) is 3.58. The molecule has 2 atom stereocenters.